The summed E-state index contributed by atoms with van der Waals surface area (Å²) in [5.74, 6) is -0.912. The van der Waals surface area contributed by atoms with Gasteiger partial charge >= 0.3 is 0 Å². The minimum absolute atomic E-state index is 0.00973. The van der Waals surface area contributed by atoms with Crippen molar-refractivity contribution in [3.63, 3.8) is 0 Å². The Kier molecular flexibility index (Phi) is 9.74. The third kappa shape index (κ3) is 7.33. The fraction of sp³-hybridized carbons (Fsp3) is 0.292. The number of nitrogens with zero attached hydrogens (tertiary/aromatic N) is 3. The van der Waals surface area contributed by atoms with Gasteiger partial charge in [-0.1, -0.05) is 23.7 Å². The quantitative estimate of drug-likeness (QED) is 0.232. The van der Waals surface area contributed by atoms with E-state index >= 15 is 0 Å². The van der Waals surface area contributed by atoms with Gasteiger partial charge in [0.25, 0.3) is 5.69 Å². The second-order valence-electron chi connectivity index (χ2n) is 8.10. The minimum Gasteiger partial charge on any atom is -0.383 e. The lowest BCUT2D eigenvalue weighted by atomic mass is 10.2. The molecule has 1 amide bonds. The molecule has 1 aromatic heterocycles. The maximum absolute atomic E-state index is 13.5. The Labute approximate surface area is 223 Å². The third-order valence-electron chi connectivity index (χ3n) is 5.55. The van der Waals surface area contributed by atoms with Gasteiger partial charge in [0.15, 0.2) is 0 Å². The van der Waals surface area contributed by atoms with Gasteiger partial charge in [0.1, 0.15) is 10.8 Å². The molecule has 37 heavy (non-hydrogen) atoms. The number of amides is 1. The van der Waals surface area contributed by atoms with Crippen LogP contribution in [-0.4, -0.2) is 55.3 Å². The molecule has 9 nitrogen and oxygen atoms in total. The first kappa shape index (κ1) is 28.7. The lowest BCUT2D eigenvalue weighted by Crippen LogP contribution is -2.43. The smallest absolute Gasteiger partial charge is 0.289 e. The van der Waals surface area contributed by atoms with Crippen molar-refractivity contribution in [3.8, 4) is 0 Å². The summed E-state index contributed by atoms with van der Waals surface area (Å²) in [6, 6.07) is 10.8. The summed E-state index contributed by atoms with van der Waals surface area (Å²) in [6.07, 6.45) is 0. The molecule has 13 heteroatoms. The van der Waals surface area contributed by atoms with E-state index in [9.17, 15) is 27.7 Å². The molecule has 0 radical (unpaired) electrons. The minimum atomic E-state index is -4.33. The van der Waals surface area contributed by atoms with Crippen LogP contribution < -0.4 is 0 Å². The summed E-state index contributed by atoms with van der Waals surface area (Å²) in [5, 5.41) is 13.0. The van der Waals surface area contributed by atoms with Crippen LogP contribution in [0.3, 0.4) is 0 Å². The zero-order valence-electron chi connectivity index (χ0n) is 20.1. The highest BCUT2D eigenvalue weighted by atomic mass is 35.5. The Morgan fingerprint density at radius 2 is 1.86 bits per heavy atom. The second-order valence-corrected chi connectivity index (χ2v) is 11.5. The van der Waals surface area contributed by atoms with E-state index in [0.29, 0.717) is 5.56 Å². The van der Waals surface area contributed by atoms with Crippen LogP contribution in [-0.2, 0) is 32.6 Å². The number of thiophene rings is 1. The molecule has 0 saturated carbocycles. The van der Waals surface area contributed by atoms with Gasteiger partial charge in [-0.15, -0.1) is 11.3 Å². The lowest BCUT2D eigenvalue weighted by Gasteiger charge is -2.27. The topological polar surface area (TPSA) is 110 Å². The van der Waals surface area contributed by atoms with Gasteiger partial charge in [0, 0.05) is 31.1 Å². The Bertz CT molecular complexity index is 1370. The number of hydrogen-bond acceptors (Lipinski definition) is 7. The number of carbonyl (C=O) groups is 1. The van der Waals surface area contributed by atoms with Crippen molar-refractivity contribution in [3.05, 3.63) is 90.9 Å². The number of ether oxygens (including phenoxy) is 1. The molecule has 0 spiro atoms. The van der Waals surface area contributed by atoms with Crippen molar-refractivity contribution in [1.82, 2.24) is 9.21 Å². The molecule has 0 bridgehead atoms. The van der Waals surface area contributed by atoms with E-state index in [1.54, 1.807) is 12.1 Å². The summed E-state index contributed by atoms with van der Waals surface area (Å²) in [4.78, 5) is 26.1. The molecule has 0 N–H and O–H groups in total. The van der Waals surface area contributed by atoms with Crippen LogP contribution in [0.4, 0.5) is 10.1 Å². The van der Waals surface area contributed by atoms with Crippen molar-refractivity contribution in [2.75, 3.05) is 26.8 Å². The number of carbonyl (C=O) groups excluding carboxylic acids is 1. The highest BCUT2D eigenvalue weighted by molar-refractivity contribution is 7.89. The van der Waals surface area contributed by atoms with Gasteiger partial charge < -0.3 is 9.64 Å². The van der Waals surface area contributed by atoms with E-state index in [0.717, 1.165) is 32.9 Å². The zero-order valence-corrected chi connectivity index (χ0v) is 22.5. The summed E-state index contributed by atoms with van der Waals surface area (Å²) in [7, 11) is -2.94. The average Bonchev–Trinajstić information content (AvgIpc) is 3.26. The average molecular weight is 570 g/mol. The summed E-state index contributed by atoms with van der Waals surface area (Å²) < 4.78 is 46.3. The predicted octanol–water partition coefficient (Wildman–Crippen LogP) is 4.62. The number of halogens is 2. The fourth-order valence-electron chi connectivity index (χ4n) is 3.45. The van der Waals surface area contributed by atoms with E-state index in [1.807, 2.05) is 18.4 Å². The Morgan fingerprint density at radius 1 is 1.16 bits per heavy atom. The van der Waals surface area contributed by atoms with Gasteiger partial charge in [-0.3, -0.25) is 14.9 Å². The third-order valence-corrected chi connectivity index (χ3v) is 8.72. The van der Waals surface area contributed by atoms with Crippen LogP contribution in [0.25, 0.3) is 0 Å². The van der Waals surface area contributed by atoms with Crippen LogP contribution in [0.2, 0.25) is 5.02 Å². The van der Waals surface area contributed by atoms with Gasteiger partial charge in [-0.25, -0.2) is 12.8 Å². The number of sulfonamides is 1. The molecule has 0 fully saturated rings. The maximum atomic E-state index is 13.5. The van der Waals surface area contributed by atoms with Crippen molar-refractivity contribution in [2.24, 2.45) is 0 Å². The number of nitro groups is 1. The van der Waals surface area contributed by atoms with E-state index in [4.69, 9.17) is 16.3 Å². The number of rotatable bonds is 12. The van der Waals surface area contributed by atoms with Gasteiger partial charge in [-0.2, -0.15) is 4.31 Å². The van der Waals surface area contributed by atoms with Crippen molar-refractivity contribution in [2.45, 2.75) is 24.9 Å². The number of hydrogen-bond donors (Lipinski definition) is 0. The predicted molar refractivity (Wildman–Crippen MR) is 138 cm³/mol. The Hall–Kier alpha value is -2.90. The normalized spacial score (nSPS) is 11.6. The van der Waals surface area contributed by atoms with Crippen molar-refractivity contribution >= 4 is 44.6 Å². The van der Waals surface area contributed by atoms with Crippen LogP contribution in [0.5, 0.6) is 0 Å². The fourth-order valence-corrected chi connectivity index (χ4v) is 5.95. The Balaban J connectivity index is 1.93. The van der Waals surface area contributed by atoms with Gasteiger partial charge in [0.05, 0.1) is 29.5 Å². The first-order valence-electron chi connectivity index (χ1n) is 11.0. The van der Waals surface area contributed by atoms with Crippen molar-refractivity contribution in [1.29, 1.82) is 0 Å². The SMILES string of the molecule is COCCN(CC(=O)N(Cc1ccc(F)cc1)Cc1sccc1C)S(=O)(=O)c1ccc(Cl)c([N+](=O)[O-])c1. The van der Waals surface area contributed by atoms with E-state index in [1.165, 1.54) is 35.5 Å². The first-order chi connectivity index (χ1) is 17.5. The van der Waals surface area contributed by atoms with Gasteiger partial charge in [-0.05, 0) is 53.8 Å². The molecule has 198 valence electrons. The second kappa shape index (κ2) is 12.6. The lowest BCUT2D eigenvalue weighted by molar-refractivity contribution is -0.384. The monoisotopic (exact) mass is 569 g/mol. The molecule has 0 saturated heterocycles. The molecule has 0 aliphatic carbocycles. The van der Waals surface area contributed by atoms with Crippen molar-refractivity contribution < 1.29 is 27.3 Å². The van der Waals surface area contributed by atoms with Crippen LogP contribution in [0.1, 0.15) is 16.0 Å². The highest BCUT2D eigenvalue weighted by Gasteiger charge is 2.30. The Morgan fingerprint density at radius 3 is 2.46 bits per heavy atom. The molecule has 0 aliphatic rings. The first-order valence-corrected chi connectivity index (χ1v) is 13.7. The number of methoxy groups -OCH3 is 1. The summed E-state index contributed by atoms with van der Waals surface area (Å²) in [6.45, 7) is 1.56. The van der Waals surface area contributed by atoms with Crippen LogP contribution in [0, 0.1) is 22.9 Å². The highest BCUT2D eigenvalue weighted by Crippen LogP contribution is 2.29. The molecular formula is C24H25ClFN3O6S2. The van der Waals surface area contributed by atoms with Crippen LogP contribution in [0.15, 0.2) is 58.8 Å². The molecular weight excluding hydrogens is 545 g/mol. The van der Waals surface area contributed by atoms with Crippen LogP contribution >= 0.6 is 22.9 Å². The molecule has 3 rings (SSSR count). The number of benzene rings is 2. The maximum Gasteiger partial charge on any atom is 0.289 e. The summed E-state index contributed by atoms with van der Waals surface area (Å²) >= 11 is 7.31. The van der Waals surface area contributed by atoms with E-state index in [2.05, 4.69) is 0 Å². The molecule has 1 heterocycles. The number of aryl methyl sites for hydroxylation is 1. The van der Waals surface area contributed by atoms with E-state index < -0.39 is 38.9 Å². The largest absolute Gasteiger partial charge is 0.383 e. The molecule has 0 unspecified atom stereocenters. The van der Waals surface area contributed by atoms with Gasteiger partial charge in [0.2, 0.25) is 15.9 Å². The van der Waals surface area contributed by atoms with E-state index in [-0.39, 0.29) is 36.2 Å². The summed E-state index contributed by atoms with van der Waals surface area (Å²) in [5.41, 5.74) is 1.09. The molecule has 2 aromatic carbocycles. The molecule has 0 atom stereocenters. The molecule has 3 aromatic rings. The molecule has 0 aliphatic heterocycles. The zero-order chi connectivity index (χ0) is 27.2. The standard InChI is InChI=1S/C24H25ClFN3O6S2/c1-17-9-12-36-23(17)15-27(14-18-3-5-19(26)6-4-18)24(30)16-28(10-11-35-2)37(33,34)20-7-8-21(25)22(13-20)29(31)32/h3-9,12-13H,10-11,14-16H2,1-2H3. The number of nitro benzene ring substituents is 1.